The predicted molar refractivity (Wildman–Crippen MR) is 156 cm³/mol. The second kappa shape index (κ2) is 12.2. The van der Waals surface area contributed by atoms with E-state index in [1.165, 1.54) is 11.0 Å². The van der Waals surface area contributed by atoms with Gasteiger partial charge in [-0.05, 0) is 72.4 Å². The van der Waals surface area contributed by atoms with Crippen molar-refractivity contribution in [1.82, 2.24) is 29.7 Å². The maximum Gasteiger partial charge on any atom is 0.245 e. The number of piperazine rings is 1. The van der Waals surface area contributed by atoms with Gasteiger partial charge in [0.1, 0.15) is 11.7 Å². The summed E-state index contributed by atoms with van der Waals surface area (Å²) in [5, 5.41) is 19.2. The molecule has 12 heteroatoms. The van der Waals surface area contributed by atoms with Gasteiger partial charge in [0.2, 0.25) is 11.8 Å². The van der Waals surface area contributed by atoms with E-state index in [1.54, 1.807) is 9.58 Å². The number of nitrogens with zero attached hydrogens (tertiary/aromatic N) is 6. The summed E-state index contributed by atoms with van der Waals surface area (Å²) >= 11 is 3.64. The summed E-state index contributed by atoms with van der Waals surface area (Å²) in [7, 11) is 0. The van der Waals surface area contributed by atoms with Gasteiger partial charge in [-0.25, -0.2) is 13.5 Å². The molecule has 2 amide bonds. The number of carbonyl (C=O) groups is 2. The fourth-order valence-electron chi connectivity index (χ4n) is 5.74. The van der Waals surface area contributed by atoms with Gasteiger partial charge in [0.15, 0.2) is 11.6 Å². The average molecular weight is 646 g/mol. The summed E-state index contributed by atoms with van der Waals surface area (Å²) in [4.78, 5) is 32.1. The Hall–Kier alpha value is -3.22. The molecule has 2 unspecified atom stereocenters. The minimum Gasteiger partial charge on any atom is -0.391 e. The second-order valence-corrected chi connectivity index (χ2v) is 12.3. The van der Waals surface area contributed by atoms with Gasteiger partial charge >= 0.3 is 0 Å². The van der Waals surface area contributed by atoms with Crippen molar-refractivity contribution < 1.29 is 23.5 Å². The Morgan fingerprint density at radius 1 is 1.10 bits per heavy atom. The molecule has 0 aliphatic carbocycles. The van der Waals surface area contributed by atoms with Crippen LogP contribution in [0.1, 0.15) is 43.5 Å². The van der Waals surface area contributed by atoms with Gasteiger partial charge in [-0.1, -0.05) is 23.4 Å². The molecule has 3 aromatic rings. The topological polar surface area (TPSA) is 94.8 Å². The van der Waals surface area contributed by atoms with Crippen LogP contribution in [0.4, 0.5) is 8.78 Å². The molecule has 224 valence electrons. The predicted octanol–water partition coefficient (Wildman–Crippen LogP) is 3.59. The van der Waals surface area contributed by atoms with E-state index < -0.39 is 29.3 Å². The van der Waals surface area contributed by atoms with E-state index in [0.29, 0.717) is 31.7 Å². The van der Waals surface area contributed by atoms with Crippen LogP contribution in [0.25, 0.3) is 5.69 Å². The van der Waals surface area contributed by atoms with Gasteiger partial charge in [0.05, 0.1) is 23.5 Å². The van der Waals surface area contributed by atoms with Crippen molar-refractivity contribution in [2.45, 2.75) is 57.7 Å². The maximum absolute atomic E-state index is 13.6. The van der Waals surface area contributed by atoms with E-state index in [2.05, 4.69) is 45.0 Å². The molecular weight excluding hydrogens is 610 g/mol. The molecule has 2 fully saturated rings. The van der Waals surface area contributed by atoms with Crippen LogP contribution >= 0.6 is 15.9 Å². The average Bonchev–Trinajstić information content (AvgIpc) is 3.62. The van der Waals surface area contributed by atoms with Gasteiger partial charge < -0.3 is 14.9 Å². The SMILES string of the molecule is Cc1cccc(-n2cc(C(C)(C)N3CCN(C(=O)C4CC(O)CN4C(=O)CCc4ccc(F)c(F)c4)CC3)nn2)c1Br. The second-order valence-electron chi connectivity index (χ2n) is 11.5. The number of aliphatic hydroxyl groups excluding tert-OH is 1. The quantitative estimate of drug-likeness (QED) is 0.423. The van der Waals surface area contributed by atoms with E-state index in [9.17, 15) is 23.5 Å². The van der Waals surface area contributed by atoms with E-state index in [0.717, 1.165) is 33.6 Å². The standard InChI is InChI=1S/C30H35BrF2N6O3/c1-19-5-4-6-24(28(19)31)39-18-26(34-35-39)30(2,3)37-13-11-36(12-14-37)29(42)25-16-21(40)17-38(25)27(41)10-8-20-7-9-22(32)23(33)15-20/h4-7,9,15,18,21,25,40H,8,10-14,16-17H2,1-3H3. The Morgan fingerprint density at radius 2 is 1.83 bits per heavy atom. The Kier molecular flexibility index (Phi) is 8.77. The van der Waals surface area contributed by atoms with Crippen molar-refractivity contribution in [3.05, 3.63) is 75.5 Å². The van der Waals surface area contributed by atoms with E-state index in [4.69, 9.17) is 0 Å². The normalized spacial score (nSPS) is 19.9. The van der Waals surface area contributed by atoms with Crippen LogP contribution in [0.15, 0.2) is 47.1 Å². The number of likely N-dealkylation sites (tertiary alicyclic amines) is 1. The van der Waals surface area contributed by atoms with Crippen molar-refractivity contribution in [3.8, 4) is 5.69 Å². The minimum atomic E-state index is -0.962. The third-order valence-electron chi connectivity index (χ3n) is 8.42. The van der Waals surface area contributed by atoms with Gasteiger partial charge in [-0.3, -0.25) is 14.5 Å². The highest BCUT2D eigenvalue weighted by molar-refractivity contribution is 9.10. The fourth-order valence-corrected chi connectivity index (χ4v) is 6.19. The van der Waals surface area contributed by atoms with Crippen LogP contribution in [0.5, 0.6) is 0 Å². The molecule has 0 bridgehead atoms. The molecule has 0 spiro atoms. The highest BCUT2D eigenvalue weighted by atomic mass is 79.9. The highest BCUT2D eigenvalue weighted by Gasteiger charge is 2.42. The first-order valence-electron chi connectivity index (χ1n) is 14.1. The number of amides is 2. The smallest absolute Gasteiger partial charge is 0.245 e. The zero-order valence-electron chi connectivity index (χ0n) is 23.9. The maximum atomic E-state index is 13.6. The lowest BCUT2D eigenvalue weighted by Gasteiger charge is -2.43. The van der Waals surface area contributed by atoms with Crippen LogP contribution in [-0.2, 0) is 21.5 Å². The first-order chi connectivity index (χ1) is 20.0. The summed E-state index contributed by atoms with van der Waals surface area (Å²) in [5.74, 6) is -2.38. The molecule has 9 nitrogen and oxygen atoms in total. The first kappa shape index (κ1) is 30.2. The summed E-state index contributed by atoms with van der Waals surface area (Å²) in [6.07, 6.45) is 1.56. The zero-order valence-corrected chi connectivity index (χ0v) is 25.5. The molecule has 3 heterocycles. The summed E-state index contributed by atoms with van der Waals surface area (Å²) < 4.78 is 29.5. The van der Waals surface area contributed by atoms with Crippen LogP contribution in [0, 0.1) is 18.6 Å². The van der Waals surface area contributed by atoms with Gasteiger partial charge in [0, 0.05) is 50.0 Å². The first-order valence-corrected chi connectivity index (χ1v) is 14.9. The number of hydrogen-bond donors (Lipinski definition) is 1. The molecular formula is C30H35BrF2N6O3. The van der Waals surface area contributed by atoms with Gasteiger partial charge in [-0.2, -0.15) is 0 Å². The van der Waals surface area contributed by atoms with Crippen molar-refractivity contribution in [1.29, 1.82) is 0 Å². The molecule has 5 rings (SSSR count). The molecule has 0 radical (unpaired) electrons. The third kappa shape index (κ3) is 6.11. The number of carbonyl (C=O) groups excluding carboxylic acids is 2. The number of aryl methyl sites for hydroxylation is 2. The Balaban J connectivity index is 1.20. The van der Waals surface area contributed by atoms with Crippen molar-refractivity contribution in [3.63, 3.8) is 0 Å². The van der Waals surface area contributed by atoms with Crippen LogP contribution in [-0.4, -0.2) is 91.5 Å². The van der Waals surface area contributed by atoms with E-state index in [1.807, 2.05) is 31.3 Å². The van der Waals surface area contributed by atoms with E-state index in [-0.39, 0.29) is 37.6 Å². The molecule has 2 saturated heterocycles. The molecule has 0 saturated carbocycles. The van der Waals surface area contributed by atoms with Crippen molar-refractivity contribution >= 4 is 27.7 Å². The fraction of sp³-hybridized carbons (Fsp3) is 0.467. The van der Waals surface area contributed by atoms with Gasteiger partial charge in [0.25, 0.3) is 0 Å². The van der Waals surface area contributed by atoms with Crippen LogP contribution in [0.3, 0.4) is 0 Å². The molecule has 2 aliphatic heterocycles. The highest BCUT2D eigenvalue weighted by Crippen LogP contribution is 2.30. The largest absolute Gasteiger partial charge is 0.391 e. The number of benzene rings is 2. The Bertz CT molecular complexity index is 1470. The summed E-state index contributed by atoms with van der Waals surface area (Å²) in [5.41, 5.74) is 2.88. The summed E-state index contributed by atoms with van der Waals surface area (Å²) in [6.45, 7) is 8.45. The number of hydrogen-bond acceptors (Lipinski definition) is 6. The summed E-state index contributed by atoms with van der Waals surface area (Å²) in [6, 6.07) is 8.78. The number of rotatable bonds is 7. The lowest BCUT2D eigenvalue weighted by Crippen LogP contribution is -2.57. The van der Waals surface area contributed by atoms with Crippen molar-refractivity contribution in [2.75, 3.05) is 32.7 Å². The molecule has 2 aromatic carbocycles. The zero-order chi connectivity index (χ0) is 30.2. The Labute approximate surface area is 252 Å². The lowest BCUT2D eigenvalue weighted by atomic mass is 9.97. The van der Waals surface area contributed by atoms with Crippen LogP contribution < -0.4 is 0 Å². The number of aromatic nitrogens is 3. The number of β-amino-alcohol motifs (C(OH)–C–C–N with tert-alkyl or cyclic N) is 1. The lowest BCUT2D eigenvalue weighted by molar-refractivity contribution is -0.145. The number of aliphatic hydroxyl groups is 1. The van der Waals surface area contributed by atoms with Gasteiger partial charge in [-0.15, -0.1) is 5.10 Å². The van der Waals surface area contributed by atoms with Crippen LogP contribution in [0.2, 0.25) is 0 Å². The third-order valence-corrected chi connectivity index (χ3v) is 9.45. The number of halogens is 3. The molecule has 1 aromatic heterocycles. The minimum absolute atomic E-state index is 0.0311. The Morgan fingerprint density at radius 3 is 2.55 bits per heavy atom. The molecule has 2 atom stereocenters. The molecule has 1 N–H and O–H groups in total. The van der Waals surface area contributed by atoms with Crippen molar-refractivity contribution in [2.24, 2.45) is 0 Å². The molecule has 2 aliphatic rings. The molecule has 42 heavy (non-hydrogen) atoms. The van der Waals surface area contributed by atoms with E-state index >= 15 is 0 Å². The monoisotopic (exact) mass is 644 g/mol.